The molecule has 0 radical (unpaired) electrons. The molecule has 102 valence electrons. The molecule has 0 saturated heterocycles. The van der Waals surface area contributed by atoms with Crippen LogP contribution >= 0.6 is 0 Å². The molecule has 2 aromatic rings. The average molecular weight is 287 g/mol. The van der Waals surface area contributed by atoms with Crippen LogP contribution in [0.2, 0.25) is 0 Å². The maximum absolute atomic E-state index is 12.0. The van der Waals surface area contributed by atoms with Crippen LogP contribution in [0.15, 0.2) is 58.8 Å². The second kappa shape index (κ2) is 6.25. The minimum absolute atomic E-state index is 0.0433. The molecule has 0 amide bonds. The summed E-state index contributed by atoms with van der Waals surface area (Å²) >= 11 is 0. The van der Waals surface area contributed by atoms with Crippen LogP contribution in [0.25, 0.3) is 6.08 Å². The van der Waals surface area contributed by atoms with Gasteiger partial charge in [0.1, 0.15) is 0 Å². The lowest BCUT2D eigenvalue weighted by molar-refractivity contribution is -0.384. The summed E-state index contributed by atoms with van der Waals surface area (Å²) in [6.07, 6.45) is 1.69. The highest BCUT2D eigenvalue weighted by molar-refractivity contribution is 7.88. The lowest BCUT2D eigenvalue weighted by Gasteiger charge is -1.98. The Morgan fingerprint density at radius 1 is 1.05 bits per heavy atom. The first-order valence-corrected chi connectivity index (χ1v) is 7.17. The van der Waals surface area contributed by atoms with Gasteiger partial charge in [0.15, 0.2) is 0 Å². The number of nitro benzene ring substituents is 1. The molecule has 0 spiro atoms. The van der Waals surface area contributed by atoms with Crippen molar-refractivity contribution in [2.45, 2.75) is 11.8 Å². The van der Waals surface area contributed by atoms with Gasteiger partial charge in [0, 0.05) is 22.4 Å². The lowest BCUT2D eigenvalue weighted by Crippen LogP contribution is -1.88. The summed E-state index contributed by atoms with van der Waals surface area (Å²) in [7, 11) is -1.22. The van der Waals surface area contributed by atoms with E-state index in [9.17, 15) is 14.3 Å². The van der Waals surface area contributed by atoms with Crippen LogP contribution in [0.1, 0.15) is 11.1 Å². The summed E-state index contributed by atoms with van der Waals surface area (Å²) in [5.74, 6) is 0. The first-order chi connectivity index (χ1) is 9.56. The quantitative estimate of drug-likeness (QED) is 0.636. The molecule has 0 bridgehead atoms. The number of hydrogen-bond donors (Lipinski definition) is 0. The molecule has 0 fully saturated rings. The molecule has 0 aliphatic rings. The number of nitrogens with zero attached hydrogens (tertiary/aromatic N) is 1. The number of non-ortho nitro benzene ring substituents is 1. The Labute approximate surface area is 119 Å². The summed E-state index contributed by atoms with van der Waals surface area (Å²) < 4.78 is 12.0. The van der Waals surface area contributed by atoms with Gasteiger partial charge in [0.2, 0.25) is 0 Å². The molecule has 2 aromatic carbocycles. The summed E-state index contributed by atoms with van der Waals surface area (Å²) in [6, 6.07) is 13.6. The van der Waals surface area contributed by atoms with Gasteiger partial charge in [-0.05, 0) is 42.8 Å². The van der Waals surface area contributed by atoms with Gasteiger partial charge in [-0.2, -0.15) is 0 Å². The second-order valence-corrected chi connectivity index (χ2v) is 5.60. The Morgan fingerprint density at radius 3 is 2.20 bits per heavy atom. The van der Waals surface area contributed by atoms with Crippen LogP contribution in [0, 0.1) is 17.0 Å². The molecule has 1 unspecified atom stereocenters. The molecule has 0 aliphatic heterocycles. The SMILES string of the molecule is Cc1ccc(S(=O)/C=C/c2ccc([N+](=O)[O-])cc2)cc1. The molecule has 2 rings (SSSR count). The minimum Gasteiger partial charge on any atom is -0.258 e. The first kappa shape index (κ1) is 14.1. The molecule has 0 N–H and O–H groups in total. The fraction of sp³-hybridized carbons (Fsp3) is 0.0667. The van der Waals surface area contributed by atoms with Crippen molar-refractivity contribution < 1.29 is 9.13 Å². The lowest BCUT2D eigenvalue weighted by atomic mass is 10.2. The van der Waals surface area contributed by atoms with E-state index in [1.54, 1.807) is 23.6 Å². The van der Waals surface area contributed by atoms with Gasteiger partial charge < -0.3 is 0 Å². The van der Waals surface area contributed by atoms with Crippen molar-refractivity contribution in [3.63, 3.8) is 0 Å². The van der Waals surface area contributed by atoms with Crippen LogP contribution < -0.4 is 0 Å². The van der Waals surface area contributed by atoms with E-state index >= 15 is 0 Å². The van der Waals surface area contributed by atoms with Crippen LogP contribution in [0.3, 0.4) is 0 Å². The van der Waals surface area contributed by atoms with E-state index < -0.39 is 15.7 Å². The van der Waals surface area contributed by atoms with Crippen LogP contribution in [-0.2, 0) is 10.8 Å². The Hall–Kier alpha value is -2.27. The normalized spacial score (nSPS) is 12.4. The number of benzene rings is 2. The van der Waals surface area contributed by atoms with Crippen LogP contribution in [0.4, 0.5) is 5.69 Å². The van der Waals surface area contributed by atoms with Gasteiger partial charge >= 0.3 is 0 Å². The maximum atomic E-state index is 12.0. The maximum Gasteiger partial charge on any atom is 0.269 e. The third-order valence-corrected chi connectivity index (χ3v) is 3.86. The Balaban J connectivity index is 2.10. The number of rotatable bonds is 4. The van der Waals surface area contributed by atoms with Gasteiger partial charge in [0.05, 0.1) is 15.7 Å². The molecule has 0 aliphatic carbocycles. The van der Waals surface area contributed by atoms with Crippen molar-refractivity contribution in [1.82, 2.24) is 0 Å². The standard InChI is InChI=1S/C15H13NO3S/c1-12-2-8-15(9-3-12)20(19)11-10-13-4-6-14(7-5-13)16(17)18/h2-11H,1H3/b11-10+. The van der Waals surface area contributed by atoms with Gasteiger partial charge in [-0.25, -0.2) is 4.21 Å². The summed E-state index contributed by atoms with van der Waals surface area (Å²) in [5.41, 5.74) is 1.93. The van der Waals surface area contributed by atoms with Crippen molar-refractivity contribution in [2.24, 2.45) is 0 Å². The molecule has 0 heterocycles. The average Bonchev–Trinajstić information content (AvgIpc) is 2.46. The zero-order valence-electron chi connectivity index (χ0n) is 10.9. The zero-order chi connectivity index (χ0) is 14.5. The van der Waals surface area contributed by atoms with Crippen LogP contribution in [0.5, 0.6) is 0 Å². The van der Waals surface area contributed by atoms with E-state index in [1.165, 1.54) is 12.1 Å². The highest BCUT2D eigenvalue weighted by Crippen LogP contribution is 2.14. The predicted octanol–water partition coefficient (Wildman–Crippen LogP) is 3.68. The van der Waals surface area contributed by atoms with Crippen molar-refractivity contribution in [1.29, 1.82) is 0 Å². The Kier molecular flexibility index (Phi) is 4.42. The first-order valence-electron chi connectivity index (χ1n) is 5.96. The van der Waals surface area contributed by atoms with E-state index in [1.807, 2.05) is 31.2 Å². The molecule has 0 saturated carbocycles. The molecule has 4 nitrogen and oxygen atoms in total. The van der Waals surface area contributed by atoms with Crippen molar-refractivity contribution in [3.05, 3.63) is 75.2 Å². The van der Waals surface area contributed by atoms with E-state index in [4.69, 9.17) is 0 Å². The number of nitro groups is 1. The van der Waals surface area contributed by atoms with E-state index in [2.05, 4.69) is 0 Å². The third kappa shape index (κ3) is 3.61. The van der Waals surface area contributed by atoms with Crippen molar-refractivity contribution in [3.8, 4) is 0 Å². The predicted molar refractivity (Wildman–Crippen MR) is 79.7 cm³/mol. The van der Waals surface area contributed by atoms with Gasteiger partial charge in [-0.1, -0.05) is 17.7 Å². The van der Waals surface area contributed by atoms with Gasteiger partial charge in [0.25, 0.3) is 5.69 Å². The summed E-state index contributed by atoms with van der Waals surface area (Å²) in [6.45, 7) is 1.97. The highest BCUT2D eigenvalue weighted by atomic mass is 32.2. The summed E-state index contributed by atoms with van der Waals surface area (Å²) in [4.78, 5) is 10.8. The van der Waals surface area contributed by atoms with Gasteiger partial charge in [-0.3, -0.25) is 10.1 Å². The third-order valence-electron chi connectivity index (χ3n) is 2.74. The number of aryl methyl sites for hydroxylation is 1. The van der Waals surface area contributed by atoms with Crippen molar-refractivity contribution >= 4 is 22.6 Å². The monoisotopic (exact) mass is 287 g/mol. The zero-order valence-corrected chi connectivity index (χ0v) is 11.7. The molecule has 0 aromatic heterocycles. The van der Waals surface area contributed by atoms with E-state index in [0.29, 0.717) is 0 Å². The molecule has 1 atom stereocenters. The van der Waals surface area contributed by atoms with Crippen LogP contribution in [-0.4, -0.2) is 9.13 Å². The largest absolute Gasteiger partial charge is 0.269 e. The smallest absolute Gasteiger partial charge is 0.258 e. The Bertz CT molecular complexity index is 661. The second-order valence-electron chi connectivity index (χ2n) is 4.26. The highest BCUT2D eigenvalue weighted by Gasteiger charge is 2.03. The molecule has 5 heteroatoms. The van der Waals surface area contributed by atoms with E-state index in [-0.39, 0.29) is 5.69 Å². The van der Waals surface area contributed by atoms with Gasteiger partial charge in [-0.15, -0.1) is 0 Å². The van der Waals surface area contributed by atoms with Crippen molar-refractivity contribution in [2.75, 3.05) is 0 Å². The molecular weight excluding hydrogens is 274 g/mol. The summed E-state index contributed by atoms with van der Waals surface area (Å²) in [5, 5.41) is 12.1. The Morgan fingerprint density at radius 2 is 1.65 bits per heavy atom. The van der Waals surface area contributed by atoms with E-state index in [0.717, 1.165) is 16.0 Å². The topological polar surface area (TPSA) is 60.2 Å². The fourth-order valence-corrected chi connectivity index (χ4v) is 2.44. The fourth-order valence-electron chi connectivity index (χ4n) is 1.60. The molecule has 20 heavy (non-hydrogen) atoms. The number of hydrogen-bond acceptors (Lipinski definition) is 3. The molecular formula is C15H13NO3S. The minimum atomic E-state index is -1.22.